The fourth-order valence-electron chi connectivity index (χ4n) is 7.37. The van der Waals surface area contributed by atoms with Crippen LogP contribution in [0.25, 0.3) is 73.0 Å². The van der Waals surface area contributed by atoms with Crippen LogP contribution in [0, 0.1) is 0 Å². The van der Waals surface area contributed by atoms with Crippen molar-refractivity contribution in [1.29, 1.82) is 0 Å². The van der Waals surface area contributed by atoms with Crippen molar-refractivity contribution in [3.63, 3.8) is 0 Å². The van der Waals surface area contributed by atoms with E-state index in [2.05, 4.69) is 169 Å². The molecule has 0 N–H and O–H groups in total. The lowest BCUT2D eigenvalue weighted by Crippen LogP contribution is -2.11. The summed E-state index contributed by atoms with van der Waals surface area (Å²) in [5.41, 5.74) is 6.10. The van der Waals surface area contributed by atoms with Crippen LogP contribution in [0.3, 0.4) is 0 Å². The van der Waals surface area contributed by atoms with Crippen molar-refractivity contribution in [3.05, 3.63) is 164 Å². The first-order valence-corrected chi connectivity index (χ1v) is 17.6. The van der Waals surface area contributed by atoms with E-state index in [9.17, 15) is 0 Å². The summed E-state index contributed by atoms with van der Waals surface area (Å²) in [6, 6.07) is 60.1. The molecule has 0 bridgehead atoms. The lowest BCUT2D eigenvalue weighted by molar-refractivity contribution is 1.34. The Balaban J connectivity index is 1.38. The largest absolute Gasteiger partial charge is 0.307 e. The van der Waals surface area contributed by atoms with Crippen LogP contribution in [0.1, 0.15) is 0 Å². The summed E-state index contributed by atoms with van der Waals surface area (Å²) >= 11 is 3.78. The first-order chi connectivity index (χ1) is 23.3. The van der Waals surface area contributed by atoms with Gasteiger partial charge in [-0.3, -0.25) is 0 Å². The maximum Gasteiger partial charge on any atom is 0.0641 e. The molecule has 0 atom stereocenters. The molecule has 0 spiro atoms. The zero-order chi connectivity index (χ0) is 30.9. The first kappa shape index (κ1) is 26.7. The average molecular weight is 634 g/mol. The predicted molar refractivity (Wildman–Crippen MR) is 207 cm³/mol. The highest BCUT2D eigenvalue weighted by molar-refractivity contribution is 7.27. The summed E-state index contributed by atoms with van der Waals surface area (Å²) in [7, 11) is 0. The number of thiophene rings is 2. The van der Waals surface area contributed by atoms with Gasteiger partial charge in [0.1, 0.15) is 0 Å². The second-order valence-corrected chi connectivity index (χ2v) is 14.2. The van der Waals surface area contributed by atoms with Crippen LogP contribution in [0.15, 0.2) is 164 Å². The summed E-state index contributed by atoms with van der Waals surface area (Å²) in [5, 5.41) is 10.2. The Labute approximate surface area is 280 Å². The van der Waals surface area contributed by atoms with Crippen LogP contribution in [0.2, 0.25) is 0 Å². The first-order valence-electron chi connectivity index (χ1n) is 15.9. The molecule has 10 aromatic rings. The molecule has 47 heavy (non-hydrogen) atoms. The molecule has 0 unspecified atom stereocenters. The van der Waals surface area contributed by atoms with Crippen molar-refractivity contribution in [1.82, 2.24) is 0 Å². The van der Waals surface area contributed by atoms with E-state index in [0.29, 0.717) is 0 Å². The van der Waals surface area contributed by atoms with Crippen molar-refractivity contribution in [2.45, 2.75) is 0 Å². The molecule has 3 heteroatoms. The molecule has 0 aliphatic rings. The Bertz CT molecular complexity index is 2810. The minimum absolute atomic E-state index is 1.19. The van der Waals surface area contributed by atoms with E-state index in [1.165, 1.54) is 90.1 Å². The summed E-state index contributed by atoms with van der Waals surface area (Å²) in [6.45, 7) is 0. The molecule has 2 aromatic heterocycles. The number of anilines is 3. The summed E-state index contributed by atoms with van der Waals surface area (Å²) in [5.74, 6) is 0. The molecule has 0 saturated carbocycles. The fourth-order valence-corrected chi connectivity index (χ4v) is 9.80. The van der Waals surface area contributed by atoms with Crippen molar-refractivity contribution < 1.29 is 0 Å². The molecule has 0 amide bonds. The quantitative estimate of drug-likeness (QED) is 0.174. The van der Waals surface area contributed by atoms with Crippen LogP contribution >= 0.6 is 22.7 Å². The maximum absolute atomic E-state index is 2.55. The van der Waals surface area contributed by atoms with Gasteiger partial charge in [-0.05, 0) is 57.6 Å². The minimum atomic E-state index is 1.19. The molecular formula is C44H27NS2. The maximum atomic E-state index is 2.55. The third-order valence-electron chi connectivity index (χ3n) is 9.44. The molecule has 0 aliphatic carbocycles. The zero-order valence-electron chi connectivity index (χ0n) is 25.4. The Morgan fingerprint density at radius 3 is 1.79 bits per heavy atom. The van der Waals surface area contributed by atoms with Crippen LogP contribution in [-0.2, 0) is 0 Å². The smallest absolute Gasteiger partial charge is 0.0641 e. The molecule has 0 fully saturated rings. The topological polar surface area (TPSA) is 3.24 Å². The van der Waals surface area contributed by atoms with E-state index in [-0.39, 0.29) is 0 Å². The predicted octanol–water partition coefficient (Wildman–Crippen LogP) is 13.9. The van der Waals surface area contributed by atoms with Crippen molar-refractivity contribution in [3.8, 4) is 11.1 Å². The fraction of sp³-hybridized carbons (Fsp3) is 0. The molecule has 0 aliphatic heterocycles. The van der Waals surface area contributed by atoms with Gasteiger partial charge in [0.15, 0.2) is 0 Å². The van der Waals surface area contributed by atoms with Gasteiger partial charge < -0.3 is 4.90 Å². The highest BCUT2D eigenvalue weighted by Crippen LogP contribution is 2.52. The van der Waals surface area contributed by atoms with Gasteiger partial charge in [-0.1, -0.05) is 133 Å². The molecule has 220 valence electrons. The number of rotatable bonds is 4. The Kier molecular flexibility index (Phi) is 5.98. The second-order valence-electron chi connectivity index (χ2n) is 12.1. The summed E-state index contributed by atoms with van der Waals surface area (Å²) in [6.07, 6.45) is 0. The summed E-state index contributed by atoms with van der Waals surface area (Å²) in [4.78, 5) is 2.55. The number of fused-ring (bicyclic) bond motifs is 9. The van der Waals surface area contributed by atoms with Crippen molar-refractivity contribution >= 4 is 102 Å². The summed E-state index contributed by atoms with van der Waals surface area (Å²) < 4.78 is 5.20. The van der Waals surface area contributed by atoms with Gasteiger partial charge in [0.2, 0.25) is 0 Å². The molecule has 1 nitrogen and oxygen atoms in total. The van der Waals surface area contributed by atoms with Crippen LogP contribution in [-0.4, -0.2) is 0 Å². The SMILES string of the molecule is c1ccc(-c2ccc(N(c3cc4ccccc4c4ccccc34)c3cccc4c3sc3ccccc34)c3sc4ccccc4c23)cc1. The van der Waals surface area contributed by atoms with Gasteiger partial charge >= 0.3 is 0 Å². The Morgan fingerprint density at radius 2 is 0.957 bits per heavy atom. The van der Waals surface area contributed by atoms with Crippen LogP contribution in [0.4, 0.5) is 17.1 Å². The van der Waals surface area contributed by atoms with E-state index in [4.69, 9.17) is 0 Å². The van der Waals surface area contributed by atoms with E-state index >= 15 is 0 Å². The van der Waals surface area contributed by atoms with E-state index in [1.54, 1.807) is 0 Å². The van der Waals surface area contributed by atoms with Gasteiger partial charge in [0.25, 0.3) is 0 Å². The molecule has 8 aromatic carbocycles. The van der Waals surface area contributed by atoms with E-state index in [1.807, 2.05) is 22.7 Å². The highest BCUT2D eigenvalue weighted by atomic mass is 32.1. The number of hydrogen-bond donors (Lipinski definition) is 0. The van der Waals surface area contributed by atoms with E-state index < -0.39 is 0 Å². The molecule has 0 saturated heterocycles. The number of benzene rings is 8. The number of hydrogen-bond acceptors (Lipinski definition) is 3. The molecule has 2 heterocycles. The third kappa shape index (κ3) is 4.07. The number of nitrogens with zero attached hydrogens (tertiary/aromatic N) is 1. The average Bonchev–Trinajstić information content (AvgIpc) is 3.72. The van der Waals surface area contributed by atoms with Gasteiger partial charge in [-0.2, -0.15) is 0 Å². The van der Waals surface area contributed by atoms with Crippen molar-refractivity contribution in [2.75, 3.05) is 4.90 Å². The highest BCUT2D eigenvalue weighted by Gasteiger charge is 2.25. The Morgan fingerprint density at radius 1 is 0.362 bits per heavy atom. The standard InChI is InChI=1S/C44H27NS2/c1-2-13-28(14-3-1)31-25-26-38(44-42(31)36-20-9-11-24-41(36)47-44)45(37-22-12-21-35-34-19-8-10-23-40(34)46-43(35)37)39-27-29-15-4-5-16-30(29)32-17-6-7-18-33(32)39/h1-27H. The third-order valence-corrected chi connectivity index (χ3v) is 11.8. The minimum Gasteiger partial charge on any atom is -0.307 e. The normalized spacial score (nSPS) is 11.8. The van der Waals surface area contributed by atoms with Crippen LogP contribution in [0.5, 0.6) is 0 Å². The lowest BCUT2D eigenvalue weighted by Gasteiger charge is -2.29. The Hall–Kier alpha value is -5.48. The monoisotopic (exact) mass is 633 g/mol. The van der Waals surface area contributed by atoms with Crippen LogP contribution < -0.4 is 4.90 Å². The molecular weight excluding hydrogens is 607 g/mol. The van der Waals surface area contributed by atoms with Gasteiger partial charge in [-0.15, -0.1) is 22.7 Å². The van der Waals surface area contributed by atoms with Gasteiger partial charge in [0.05, 0.1) is 26.5 Å². The van der Waals surface area contributed by atoms with E-state index in [0.717, 1.165) is 0 Å². The molecule has 0 radical (unpaired) electrons. The molecule has 10 rings (SSSR count). The lowest BCUT2D eigenvalue weighted by atomic mass is 9.96. The van der Waals surface area contributed by atoms with Crippen molar-refractivity contribution in [2.24, 2.45) is 0 Å². The zero-order valence-corrected chi connectivity index (χ0v) is 27.0. The van der Waals surface area contributed by atoms with Gasteiger partial charge in [0, 0.05) is 36.3 Å². The second kappa shape index (κ2) is 10.5. The van der Waals surface area contributed by atoms with Gasteiger partial charge in [-0.25, -0.2) is 0 Å².